The first-order valence-corrected chi connectivity index (χ1v) is 4.15. The topological polar surface area (TPSA) is 0 Å². The predicted molar refractivity (Wildman–Crippen MR) is 50.9 cm³/mol. The molecule has 0 N–H and O–H groups in total. The van der Waals surface area contributed by atoms with Crippen molar-refractivity contribution in [1.29, 1.82) is 0 Å². The lowest BCUT2D eigenvalue weighted by Gasteiger charge is -1.92. The summed E-state index contributed by atoms with van der Waals surface area (Å²) in [5, 5.41) is 0. The zero-order valence-electron chi connectivity index (χ0n) is 6.55. The number of aryl methyl sites for hydroxylation is 1. The minimum Gasteiger partial charge on any atom is -0.122 e. The molecule has 0 aliphatic carbocycles. The van der Waals surface area contributed by atoms with E-state index in [2.05, 4.69) is 31.2 Å². The molecule has 0 aliphatic rings. The third-order valence-electron chi connectivity index (χ3n) is 1.48. The van der Waals surface area contributed by atoms with E-state index in [-0.39, 0.29) is 0 Å². The molecule has 1 rings (SSSR count). The smallest absolute Gasteiger partial charge is 0.0407 e. The Hall–Kier alpha value is -0.750. The lowest BCUT2D eigenvalue weighted by atomic mass is 10.1. The van der Waals surface area contributed by atoms with E-state index in [9.17, 15) is 0 Å². The number of allylic oxidation sites excluding steroid dienone is 1. The fraction of sp³-hybridized carbons (Fsp3) is 0.200. The van der Waals surface area contributed by atoms with E-state index in [1.54, 1.807) is 0 Å². The Labute approximate surface area is 72.5 Å². The van der Waals surface area contributed by atoms with Crippen LogP contribution in [0.3, 0.4) is 0 Å². The van der Waals surface area contributed by atoms with Crippen molar-refractivity contribution in [2.24, 2.45) is 0 Å². The van der Waals surface area contributed by atoms with Gasteiger partial charge in [-0.25, -0.2) is 0 Å². The first-order valence-electron chi connectivity index (χ1n) is 3.62. The molecule has 0 heterocycles. The van der Waals surface area contributed by atoms with Crippen LogP contribution in [0, 0.1) is 6.92 Å². The van der Waals surface area contributed by atoms with Crippen LogP contribution in [0.4, 0.5) is 0 Å². The normalized spacial score (nSPS) is 10.7. The van der Waals surface area contributed by atoms with Crippen molar-refractivity contribution in [3.05, 3.63) is 41.5 Å². The second-order valence-electron chi connectivity index (χ2n) is 2.47. The van der Waals surface area contributed by atoms with Crippen LogP contribution in [0.15, 0.2) is 30.3 Å². The van der Waals surface area contributed by atoms with Gasteiger partial charge in [-0.15, -0.1) is 11.6 Å². The minimum atomic E-state index is 0.577. The van der Waals surface area contributed by atoms with Crippen molar-refractivity contribution in [2.75, 3.05) is 5.88 Å². The van der Waals surface area contributed by atoms with Crippen molar-refractivity contribution in [2.45, 2.75) is 6.92 Å². The number of benzene rings is 1. The number of halogens is 1. The number of alkyl halides is 1. The van der Waals surface area contributed by atoms with E-state index in [1.165, 1.54) is 11.1 Å². The molecule has 0 unspecified atom stereocenters. The van der Waals surface area contributed by atoms with Crippen LogP contribution in [0.5, 0.6) is 0 Å². The molecule has 1 aromatic rings. The summed E-state index contributed by atoms with van der Waals surface area (Å²) in [7, 11) is 0. The summed E-state index contributed by atoms with van der Waals surface area (Å²) >= 11 is 5.50. The van der Waals surface area contributed by atoms with E-state index >= 15 is 0 Å². The van der Waals surface area contributed by atoms with Crippen LogP contribution in [0.2, 0.25) is 0 Å². The van der Waals surface area contributed by atoms with Gasteiger partial charge in [-0.2, -0.15) is 0 Å². The van der Waals surface area contributed by atoms with Crippen LogP contribution in [-0.4, -0.2) is 5.88 Å². The maximum absolute atomic E-state index is 5.50. The summed E-state index contributed by atoms with van der Waals surface area (Å²) < 4.78 is 0. The first kappa shape index (κ1) is 8.35. The monoisotopic (exact) mass is 166 g/mol. The number of hydrogen-bond acceptors (Lipinski definition) is 0. The second kappa shape index (κ2) is 4.20. The molecular formula is C10H11Cl. The van der Waals surface area contributed by atoms with Gasteiger partial charge in [-0.3, -0.25) is 0 Å². The lowest BCUT2D eigenvalue weighted by Crippen LogP contribution is -1.73. The van der Waals surface area contributed by atoms with Gasteiger partial charge in [-0.1, -0.05) is 42.0 Å². The van der Waals surface area contributed by atoms with Gasteiger partial charge < -0.3 is 0 Å². The fourth-order valence-corrected chi connectivity index (χ4v) is 0.947. The molecule has 0 aliphatic heterocycles. The van der Waals surface area contributed by atoms with Crippen molar-refractivity contribution in [3.63, 3.8) is 0 Å². The van der Waals surface area contributed by atoms with E-state index in [4.69, 9.17) is 11.6 Å². The highest BCUT2D eigenvalue weighted by molar-refractivity contribution is 6.19. The second-order valence-corrected chi connectivity index (χ2v) is 2.78. The van der Waals surface area contributed by atoms with Crippen molar-refractivity contribution in [1.82, 2.24) is 0 Å². The number of rotatable bonds is 2. The maximum Gasteiger partial charge on any atom is 0.0407 e. The predicted octanol–water partition coefficient (Wildman–Crippen LogP) is 3.25. The van der Waals surface area contributed by atoms with Gasteiger partial charge >= 0.3 is 0 Å². The number of hydrogen-bond donors (Lipinski definition) is 0. The summed E-state index contributed by atoms with van der Waals surface area (Å²) in [6.45, 7) is 2.08. The zero-order valence-corrected chi connectivity index (χ0v) is 7.31. The largest absolute Gasteiger partial charge is 0.122 e. The molecule has 1 aromatic carbocycles. The molecule has 0 saturated carbocycles. The van der Waals surface area contributed by atoms with E-state index < -0.39 is 0 Å². The standard InChI is InChI=1S/C10H11Cl/c1-9-4-6-10(7-5-9)3-2-8-11/h2-7H,8H2,1H3. The van der Waals surface area contributed by atoms with E-state index in [1.807, 2.05) is 12.2 Å². The summed E-state index contributed by atoms with van der Waals surface area (Å²) in [6.07, 6.45) is 3.96. The quantitative estimate of drug-likeness (QED) is 0.592. The fourth-order valence-electron chi connectivity index (χ4n) is 0.858. The van der Waals surface area contributed by atoms with E-state index in [0.717, 1.165) is 0 Å². The maximum atomic E-state index is 5.50. The van der Waals surface area contributed by atoms with Crippen molar-refractivity contribution in [3.8, 4) is 0 Å². The SMILES string of the molecule is Cc1ccc(C=CCCl)cc1. The average molecular weight is 167 g/mol. The van der Waals surface area contributed by atoms with Gasteiger partial charge in [0.1, 0.15) is 0 Å². The van der Waals surface area contributed by atoms with Crippen LogP contribution in [0.25, 0.3) is 6.08 Å². The van der Waals surface area contributed by atoms with Gasteiger partial charge in [0.25, 0.3) is 0 Å². The van der Waals surface area contributed by atoms with Gasteiger partial charge in [0.15, 0.2) is 0 Å². The molecule has 1 heteroatoms. The molecule has 11 heavy (non-hydrogen) atoms. The molecule has 0 aromatic heterocycles. The minimum absolute atomic E-state index is 0.577. The molecule has 0 radical (unpaired) electrons. The molecule has 0 saturated heterocycles. The third-order valence-corrected chi connectivity index (χ3v) is 1.65. The molecule has 0 atom stereocenters. The van der Waals surface area contributed by atoms with Gasteiger partial charge in [0, 0.05) is 5.88 Å². The molecule has 0 fully saturated rings. The Kier molecular flexibility index (Phi) is 3.18. The zero-order chi connectivity index (χ0) is 8.10. The Morgan fingerprint density at radius 2 is 1.91 bits per heavy atom. The van der Waals surface area contributed by atoms with Gasteiger partial charge in [0.2, 0.25) is 0 Å². The summed E-state index contributed by atoms with van der Waals surface area (Å²) in [4.78, 5) is 0. The van der Waals surface area contributed by atoms with Crippen molar-refractivity contribution < 1.29 is 0 Å². The summed E-state index contributed by atoms with van der Waals surface area (Å²) in [5.41, 5.74) is 2.49. The van der Waals surface area contributed by atoms with Gasteiger partial charge in [0.05, 0.1) is 0 Å². The lowest BCUT2D eigenvalue weighted by molar-refractivity contribution is 1.46. The average Bonchev–Trinajstić information content (AvgIpc) is 2.04. The van der Waals surface area contributed by atoms with Crippen LogP contribution < -0.4 is 0 Å². The van der Waals surface area contributed by atoms with Gasteiger partial charge in [-0.05, 0) is 12.5 Å². The van der Waals surface area contributed by atoms with Crippen LogP contribution in [-0.2, 0) is 0 Å². The molecule has 0 nitrogen and oxygen atoms in total. The first-order chi connectivity index (χ1) is 5.33. The summed E-state index contributed by atoms with van der Waals surface area (Å²) in [5.74, 6) is 0.577. The molecule has 58 valence electrons. The third kappa shape index (κ3) is 2.77. The molecular weight excluding hydrogens is 156 g/mol. The molecule has 0 amide bonds. The molecule has 0 bridgehead atoms. The Morgan fingerprint density at radius 1 is 1.27 bits per heavy atom. The molecule has 0 spiro atoms. The highest BCUT2D eigenvalue weighted by Crippen LogP contribution is 2.04. The van der Waals surface area contributed by atoms with Crippen molar-refractivity contribution >= 4 is 17.7 Å². The Morgan fingerprint density at radius 3 is 2.45 bits per heavy atom. The van der Waals surface area contributed by atoms with Crippen LogP contribution in [0.1, 0.15) is 11.1 Å². The van der Waals surface area contributed by atoms with E-state index in [0.29, 0.717) is 5.88 Å². The summed E-state index contributed by atoms with van der Waals surface area (Å²) in [6, 6.07) is 8.35. The Balaban J connectivity index is 2.73. The highest BCUT2D eigenvalue weighted by atomic mass is 35.5. The van der Waals surface area contributed by atoms with Crippen LogP contribution >= 0.6 is 11.6 Å². The highest BCUT2D eigenvalue weighted by Gasteiger charge is 1.84. The Bertz CT molecular complexity index is 234.